The maximum absolute atomic E-state index is 11.7. The van der Waals surface area contributed by atoms with Gasteiger partial charge in [0.05, 0.1) is 13.7 Å². The SMILES string of the molecule is COC(=O)C(C)NC(=O)CNC(=O)c1ccc(N)cc1. The molecule has 20 heavy (non-hydrogen) atoms. The van der Waals surface area contributed by atoms with Gasteiger partial charge in [0.1, 0.15) is 6.04 Å². The molecule has 0 aliphatic rings. The van der Waals surface area contributed by atoms with Gasteiger partial charge in [-0.05, 0) is 31.2 Å². The van der Waals surface area contributed by atoms with Gasteiger partial charge in [-0.25, -0.2) is 4.79 Å². The Morgan fingerprint density at radius 3 is 2.40 bits per heavy atom. The fourth-order valence-electron chi connectivity index (χ4n) is 1.43. The quantitative estimate of drug-likeness (QED) is 0.505. The molecular formula is C13H17N3O4. The van der Waals surface area contributed by atoms with Gasteiger partial charge in [0, 0.05) is 11.3 Å². The fourth-order valence-corrected chi connectivity index (χ4v) is 1.43. The lowest BCUT2D eigenvalue weighted by atomic mass is 10.2. The van der Waals surface area contributed by atoms with Crippen LogP contribution in [0.2, 0.25) is 0 Å². The van der Waals surface area contributed by atoms with E-state index in [-0.39, 0.29) is 6.54 Å². The number of hydrogen-bond donors (Lipinski definition) is 3. The predicted molar refractivity (Wildman–Crippen MR) is 72.8 cm³/mol. The number of ether oxygens (including phenoxy) is 1. The smallest absolute Gasteiger partial charge is 0.328 e. The van der Waals surface area contributed by atoms with Gasteiger partial charge in [-0.3, -0.25) is 9.59 Å². The molecule has 0 radical (unpaired) electrons. The Morgan fingerprint density at radius 1 is 1.25 bits per heavy atom. The number of esters is 1. The lowest BCUT2D eigenvalue weighted by Crippen LogP contribution is -2.44. The van der Waals surface area contributed by atoms with Crippen LogP contribution in [0.25, 0.3) is 0 Å². The summed E-state index contributed by atoms with van der Waals surface area (Å²) in [6, 6.07) is 5.53. The first-order valence-electron chi connectivity index (χ1n) is 5.95. The van der Waals surface area contributed by atoms with Gasteiger partial charge in [0.2, 0.25) is 5.91 Å². The summed E-state index contributed by atoms with van der Waals surface area (Å²) >= 11 is 0. The van der Waals surface area contributed by atoms with Crippen LogP contribution < -0.4 is 16.4 Å². The first kappa shape index (κ1) is 15.5. The van der Waals surface area contributed by atoms with Crippen molar-refractivity contribution in [3.8, 4) is 0 Å². The van der Waals surface area contributed by atoms with E-state index in [9.17, 15) is 14.4 Å². The van der Waals surface area contributed by atoms with Crippen LogP contribution in [0.15, 0.2) is 24.3 Å². The van der Waals surface area contributed by atoms with E-state index in [2.05, 4.69) is 15.4 Å². The van der Waals surface area contributed by atoms with Crippen LogP contribution in [0.3, 0.4) is 0 Å². The second kappa shape index (κ2) is 7.13. The molecule has 2 amide bonds. The van der Waals surface area contributed by atoms with Gasteiger partial charge in [-0.1, -0.05) is 0 Å². The third kappa shape index (κ3) is 4.60. The molecule has 1 rings (SSSR count). The lowest BCUT2D eigenvalue weighted by Gasteiger charge is -2.12. The number of rotatable bonds is 5. The molecule has 4 N–H and O–H groups in total. The topological polar surface area (TPSA) is 111 Å². The van der Waals surface area contributed by atoms with Crippen LogP contribution in [0.5, 0.6) is 0 Å². The standard InChI is InChI=1S/C13H17N3O4/c1-8(13(19)20-2)16-11(17)7-15-12(18)9-3-5-10(14)6-4-9/h3-6,8H,7,14H2,1-2H3,(H,15,18)(H,16,17). The van der Waals surface area contributed by atoms with Crippen LogP contribution in [0.4, 0.5) is 5.69 Å². The van der Waals surface area contributed by atoms with E-state index in [4.69, 9.17) is 5.73 Å². The van der Waals surface area contributed by atoms with E-state index in [0.29, 0.717) is 11.3 Å². The first-order valence-corrected chi connectivity index (χ1v) is 5.95. The highest BCUT2D eigenvalue weighted by Gasteiger charge is 2.16. The Balaban J connectivity index is 2.43. The third-order valence-corrected chi connectivity index (χ3v) is 2.51. The molecule has 0 aromatic heterocycles. The van der Waals surface area contributed by atoms with Crippen LogP contribution in [0, 0.1) is 0 Å². The van der Waals surface area contributed by atoms with Crippen LogP contribution >= 0.6 is 0 Å². The summed E-state index contributed by atoms with van der Waals surface area (Å²) < 4.78 is 4.47. The Kier molecular flexibility index (Phi) is 5.52. The number of methoxy groups -OCH3 is 1. The lowest BCUT2D eigenvalue weighted by molar-refractivity contribution is -0.144. The molecular weight excluding hydrogens is 262 g/mol. The molecule has 7 heteroatoms. The van der Waals surface area contributed by atoms with Gasteiger partial charge in [-0.15, -0.1) is 0 Å². The third-order valence-electron chi connectivity index (χ3n) is 2.51. The number of nitrogen functional groups attached to an aromatic ring is 1. The number of nitrogens with one attached hydrogen (secondary N) is 2. The van der Waals surface area contributed by atoms with Crippen LogP contribution in [-0.2, 0) is 14.3 Å². The maximum Gasteiger partial charge on any atom is 0.328 e. The molecule has 0 heterocycles. The summed E-state index contributed by atoms with van der Waals surface area (Å²) in [6.07, 6.45) is 0. The van der Waals surface area contributed by atoms with Gasteiger partial charge < -0.3 is 21.1 Å². The van der Waals surface area contributed by atoms with Crippen LogP contribution in [0.1, 0.15) is 17.3 Å². The minimum atomic E-state index is -0.763. The van der Waals surface area contributed by atoms with E-state index in [1.54, 1.807) is 24.3 Å². The number of benzene rings is 1. The Bertz CT molecular complexity index is 499. The minimum absolute atomic E-state index is 0.232. The predicted octanol–water partition coefficient (Wildman–Crippen LogP) is -0.324. The van der Waals surface area contributed by atoms with Gasteiger partial charge >= 0.3 is 5.97 Å². The summed E-state index contributed by atoms with van der Waals surface area (Å²) in [5.41, 5.74) is 6.45. The first-order chi connectivity index (χ1) is 9.43. The van der Waals surface area contributed by atoms with E-state index in [1.807, 2.05) is 0 Å². The zero-order valence-corrected chi connectivity index (χ0v) is 11.3. The monoisotopic (exact) mass is 279 g/mol. The zero-order valence-electron chi connectivity index (χ0n) is 11.3. The highest BCUT2D eigenvalue weighted by atomic mass is 16.5. The Hall–Kier alpha value is -2.57. The number of amides is 2. The van der Waals surface area contributed by atoms with Crippen molar-refractivity contribution in [2.24, 2.45) is 0 Å². The minimum Gasteiger partial charge on any atom is -0.467 e. The molecule has 7 nitrogen and oxygen atoms in total. The summed E-state index contributed by atoms with van der Waals surface area (Å²) in [4.78, 5) is 34.3. The second-order valence-corrected chi connectivity index (χ2v) is 4.12. The molecule has 0 bridgehead atoms. The van der Waals surface area contributed by atoms with Crippen molar-refractivity contribution in [3.05, 3.63) is 29.8 Å². The summed E-state index contributed by atoms with van der Waals surface area (Å²) in [5, 5.41) is 4.83. The van der Waals surface area contributed by atoms with E-state index < -0.39 is 23.8 Å². The molecule has 1 atom stereocenters. The highest BCUT2D eigenvalue weighted by Crippen LogP contribution is 2.04. The Labute approximate surface area is 116 Å². The molecule has 0 saturated heterocycles. The van der Waals surface area contributed by atoms with E-state index >= 15 is 0 Å². The normalized spacial score (nSPS) is 11.3. The number of nitrogens with two attached hydrogens (primary N) is 1. The number of carbonyl (C=O) groups is 3. The molecule has 108 valence electrons. The van der Waals surface area contributed by atoms with E-state index in [0.717, 1.165) is 0 Å². The molecule has 1 aromatic carbocycles. The molecule has 1 unspecified atom stereocenters. The van der Waals surface area contributed by atoms with E-state index in [1.165, 1.54) is 14.0 Å². The molecule has 0 spiro atoms. The second-order valence-electron chi connectivity index (χ2n) is 4.12. The number of anilines is 1. The molecule has 0 saturated carbocycles. The van der Waals surface area contributed by atoms with Crippen LogP contribution in [-0.4, -0.2) is 37.5 Å². The van der Waals surface area contributed by atoms with Crippen molar-refractivity contribution in [2.75, 3.05) is 19.4 Å². The zero-order chi connectivity index (χ0) is 15.1. The van der Waals surface area contributed by atoms with Crippen molar-refractivity contribution < 1.29 is 19.1 Å². The van der Waals surface area contributed by atoms with Crippen molar-refractivity contribution in [1.29, 1.82) is 0 Å². The van der Waals surface area contributed by atoms with Crippen molar-refractivity contribution in [1.82, 2.24) is 10.6 Å². The van der Waals surface area contributed by atoms with Crippen molar-refractivity contribution in [2.45, 2.75) is 13.0 Å². The van der Waals surface area contributed by atoms with Gasteiger partial charge in [0.25, 0.3) is 5.91 Å². The number of carbonyl (C=O) groups excluding carboxylic acids is 3. The number of hydrogen-bond acceptors (Lipinski definition) is 5. The summed E-state index contributed by atoms with van der Waals surface area (Å²) in [6.45, 7) is 1.26. The molecule has 0 aliphatic carbocycles. The van der Waals surface area contributed by atoms with Crippen molar-refractivity contribution in [3.63, 3.8) is 0 Å². The van der Waals surface area contributed by atoms with Crippen molar-refractivity contribution >= 4 is 23.5 Å². The Morgan fingerprint density at radius 2 is 1.85 bits per heavy atom. The summed E-state index contributed by atoms with van der Waals surface area (Å²) in [5.74, 6) is -1.43. The highest BCUT2D eigenvalue weighted by molar-refractivity contribution is 5.97. The summed E-state index contributed by atoms with van der Waals surface area (Å²) in [7, 11) is 1.23. The molecule has 0 aliphatic heterocycles. The largest absolute Gasteiger partial charge is 0.467 e. The van der Waals surface area contributed by atoms with Gasteiger partial charge in [-0.2, -0.15) is 0 Å². The maximum atomic E-state index is 11.7. The van der Waals surface area contributed by atoms with Gasteiger partial charge in [0.15, 0.2) is 0 Å². The molecule has 1 aromatic rings. The average molecular weight is 279 g/mol. The fraction of sp³-hybridized carbons (Fsp3) is 0.308. The molecule has 0 fully saturated rings. The average Bonchev–Trinajstić information content (AvgIpc) is 2.44.